The molecule has 0 aliphatic carbocycles. The molecule has 1 aromatic heterocycles. The Balaban J connectivity index is 2.20. The third kappa shape index (κ3) is 2.76. The molecule has 90 valence electrons. The van der Waals surface area contributed by atoms with Crippen LogP contribution in [-0.2, 0) is 13.5 Å². The Labute approximate surface area is 110 Å². The van der Waals surface area contributed by atoms with Crippen molar-refractivity contribution in [2.45, 2.75) is 19.4 Å². The average molecular weight is 294 g/mol. The van der Waals surface area contributed by atoms with Crippen molar-refractivity contribution in [2.75, 3.05) is 0 Å². The van der Waals surface area contributed by atoms with Gasteiger partial charge in [-0.1, -0.05) is 34.1 Å². The lowest BCUT2D eigenvalue weighted by atomic mass is 10.00. The minimum absolute atomic E-state index is 0.00604. The van der Waals surface area contributed by atoms with E-state index in [4.69, 9.17) is 5.73 Å². The molecule has 17 heavy (non-hydrogen) atoms. The molecule has 0 amide bonds. The minimum Gasteiger partial charge on any atom is -0.324 e. The lowest BCUT2D eigenvalue weighted by Gasteiger charge is -2.14. The monoisotopic (exact) mass is 293 g/mol. The molecular formula is C13H16BrN3. The number of hydrogen-bond donors (Lipinski definition) is 1. The SMILES string of the molecule is Cc1cccc(C(N)Cc2cnn(C)c2)c1Br. The maximum Gasteiger partial charge on any atom is 0.0522 e. The van der Waals surface area contributed by atoms with Crippen LogP contribution in [0.2, 0.25) is 0 Å². The quantitative estimate of drug-likeness (QED) is 0.946. The third-order valence-electron chi connectivity index (χ3n) is 2.84. The highest BCUT2D eigenvalue weighted by molar-refractivity contribution is 9.10. The van der Waals surface area contributed by atoms with Crippen LogP contribution in [0, 0.1) is 6.92 Å². The van der Waals surface area contributed by atoms with Crippen LogP contribution in [0.5, 0.6) is 0 Å². The van der Waals surface area contributed by atoms with E-state index in [0.717, 1.165) is 22.0 Å². The Hall–Kier alpha value is -1.13. The smallest absolute Gasteiger partial charge is 0.0522 e. The predicted molar refractivity (Wildman–Crippen MR) is 72.7 cm³/mol. The number of nitrogens with zero attached hydrogens (tertiary/aromatic N) is 2. The average Bonchev–Trinajstić information content (AvgIpc) is 2.68. The van der Waals surface area contributed by atoms with E-state index in [1.54, 1.807) is 4.68 Å². The fourth-order valence-electron chi connectivity index (χ4n) is 1.90. The lowest BCUT2D eigenvalue weighted by Crippen LogP contribution is -2.14. The summed E-state index contributed by atoms with van der Waals surface area (Å²) >= 11 is 3.60. The topological polar surface area (TPSA) is 43.8 Å². The van der Waals surface area contributed by atoms with E-state index in [1.807, 2.05) is 25.5 Å². The number of benzene rings is 1. The summed E-state index contributed by atoms with van der Waals surface area (Å²) in [7, 11) is 1.91. The highest BCUT2D eigenvalue weighted by Crippen LogP contribution is 2.27. The molecular weight excluding hydrogens is 278 g/mol. The summed E-state index contributed by atoms with van der Waals surface area (Å²) in [6, 6.07) is 6.18. The van der Waals surface area contributed by atoms with E-state index in [2.05, 4.69) is 40.1 Å². The van der Waals surface area contributed by atoms with Crippen molar-refractivity contribution in [3.05, 3.63) is 51.8 Å². The molecule has 0 fully saturated rings. The van der Waals surface area contributed by atoms with Crippen LogP contribution in [0.3, 0.4) is 0 Å². The Morgan fingerprint density at radius 1 is 1.47 bits per heavy atom. The van der Waals surface area contributed by atoms with Crippen LogP contribution in [0.15, 0.2) is 35.1 Å². The van der Waals surface area contributed by atoms with Gasteiger partial charge in [-0.15, -0.1) is 0 Å². The fraction of sp³-hybridized carbons (Fsp3) is 0.308. The van der Waals surface area contributed by atoms with E-state index in [1.165, 1.54) is 5.56 Å². The predicted octanol–water partition coefficient (Wildman–Crippen LogP) is 2.73. The summed E-state index contributed by atoms with van der Waals surface area (Å²) in [5.41, 5.74) is 9.76. The second-order valence-electron chi connectivity index (χ2n) is 4.31. The van der Waals surface area contributed by atoms with Crippen molar-refractivity contribution in [1.29, 1.82) is 0 Å². The molecule has 4 heteroatoms. The van der Waals surface area contributed by atoms with Gasteiger partial charge < -0.3 is 5.73 Å². The fourth-order valence-corrected chi connectivity index (χ4v) is 2.46. The largest absolute Gasteiger partial charge is 0.324 e. The first-order chi connectivity index (χ1) is 8.08. The van der Waals surface area contributed by atoms with Gasteiger partial charge in [-0.2, -0.15) is 5.10 Å². The Morgan fingerprint density at radius 2 is 2.24 bits per heavy atom. The highest BCUT2D eigenvalue weighted by Gasteiger charge is 2.12. The van der Waals surface area contributed by atoms with Crippen molar-refractivity contribution in [1.82, 2.24) is 9.78 Å². The van der Waals surface area contributed by atoms with E-state index in [-0.39, 0.29) is 6.04 Å². The van der Waals surface area contributed by atoms with Gasteiger partial charge in [-0.05, 0) is 30.0 Å². The van der Waals surface area contributed by atoms with Crippen LogP contribution >= 0.6 is 15.9 Å². The van der Waals surface area contributed by atoms with E-state index >= 15 is 0 Å². The molecule has 1 atom stereocenters. The van der Waals surface area contributed by atoms with Crippen molar-refractivity contribution < 1.29 is 0 Å². The van der Waals surface area contributed by atoms with Gasteiger partial charge in [-0.3, -0.25) is 4.68 Å². The van der Waals surface area contributed by atoms with Crippen LogP contribution in [0.4, 0.5) is 0 Å². The molecule has 0 saturated heterocycles. The maximum atomic E-state index is 6.24. The first-order valence-electron chi connectivity index (χ1n) is 5.56. The van der Waals surface area contributed by atoms with Gasteiger partial charge in [-0.25, -0.2) is 0 Å². The summed E-state index contributed by atoms with van der Waals surface area (Å²) in [5, 5.41) is 4.15. The molecule has 0 radical (unpaired) electrons. The zero-order valence-corrected chi connectivity index (χ0v) is 11.6. The van der Waals surface area contributed by atoms with Gasteiger partial charge in [0, 0.05) is 23.8 Å². The zero-order valence-electron chi connectivity index (χ0n) is 10.0. The van der Waals surface area contributed by atoms with Gasteiger partial charge in [0.15, 0.2) is 0 Å². The standard InChI is InChI=1S/C13H16BrN3/c1-9-4-3-5-11(13(9)14)12(15)6-10-7-16-17(2)8-10/h3-5,7-8,12H,6,15H2,1-2H3. The molecule has 1 aromatic carbocycles. The van der Waals surface area contributed by atoms with Crippen molar-refractivity contribution in [3.63, 3.8) is 0 Å². The second-order valence-corrected chi connectivity index (χ2v) is 5.10. The molecule has 0 spiro atoms. The minimum atomic E-state index is -0.00604. The summed E-state index contributed by atoms with van der Waals surface area (Å²) in [6.45, 7) is 2.07. The molecule has 3 nitrogen and oxygen atoms in total. The molecule has 2 rings (SSSR count). The summed E-state index contributed by atoms with van der Waals surface area (Å²) in [5.74, 6) is 0. The lowest BCUT2D eigenvalue weighted by molar-refractivity contribution is 0.715. The Bertz CT molecular complexity index is 519. The number of aryl methyl sites for hydroxylation is 2. The van der Waals surface area contributed by atoms with E-state index in [0.29, 0.717) is 0 Å². The van der Waals surface area contributed by atoms with Gasteiger partial charge in [0.05, 0.1) is 6.20 Å². The maximum absolute atomic E-state index is 6.24. The second kappa shape index (κ2) is 5.02. The van der Waals surface area contributed by atoms with Crippen LogP contribution < -0.4 is 5.73 Å². The first kappa shape index (κ1) is 12.3. The van der Waals surface area contributed by atoms with Crippen LogP contribution in [-0.4, -0.2) is 9.78 Å². The number of hydrogen-bond acceptors (Lipinski definition) is 2. The molecule has 0 saturated carbocycles. The van der Waals surface area contributed by atoms with Crippen molar-refractivity contribution in [2.24, 2.45) is 12.8 Å². The Morgan fingerprint density at radius 3 is 2.88 bits per heavy atom. The number of aromatic nitrogens is 2. The third-order valence-corrected chi connectivity index (χ3v) is 3.92. The summed E-state index contributed by atoms with van der Waals surface area (Å²) < 4.78 is 2.91. The molecule has 1 unspecified atom stereocenters. The van der Waals surface area contributed by atoms with Gasteiger partial charge in [0.2, 0.25) is 0 Å². The van der Waals surface area contributed by atoms with E-state index in [9.17, 15) is 0 Å². The first-order valence-corrected chi connectivity index (χ1v) is 6.35. The summed E-state index contributed by atoms with van der Waals surface area (Å²) in [6.07, 6.45) is 4.67. The van der Waals surface area contributed by atoms with Gasteiger partial charge >= 0.3 is 0 Å². The zero-order chi connectivity index (χ0) is 12.4. The summed E-state index contributed by atoms with van der Waals surface area (Å²) in [4.78, 5) is 0. The Kier molecular flexibility index (Phi) is 3.64. The highest BCUT2D eigenvalue weighted by atomic mass is 79.9. The number of nitrogens with two attached hydrogens (primary N) is 1. The van der Waals surface area contributed by atoms with Crippen molar-refractivity contribution >= 4 is 15.9 Å². The molecule has 0 aliphatic heterocycles. The molecule has 0 bridgehead atoms. The van der Waals surface area contributed by atoms with Crippen LogP contribution in [0.1, 0.15) is 22.7 Å². The molecule has 2 aromatic rings. The normalized spacial score (nSPS) is 12.7. The molecule has 0 aliphatic rings. The van der Waals surface area contributed by atoms with Crippen molar-refractivity contribution in [3.8, 4) is 0 Å². The van der Waals surface area contributed by atoms with E-state index < -0.39 is 0 Å². The number of halogens is 1. The van der Waals surface area contributed by atoms with Crippen LogP contribution in [0.25, 0.3) is 0 Å². The number of rotatable bonds is 3. The molecule has 2 N–H and O–H groups in total. The van der Waals surface area contributed by atoms with Gasteiger partial charge in [0.1, 0.15) is 0 Å². The van der Waals surface area contributed by atoms with Gasteiger partial charge in [0.25, 0.3) is 0 Å². The molecule has 1 heterocycles.